The normalized spacial score (nSPS) is 10.4. The number of anilines is 2. The van der Waals surface area contributed by atoms with Crippen LogP contribution in [-0.4, -0.2) is 11.1 Å². The number of carboxylic acid groups (broad SMARTS) is 1. The van der Waals surface area contributed by atoms with E-state index in [0.29, 0.717) is 10.2 Å². The molecule has 0 fully saturated rings. The SMILES string of the molecule is O=C(O)c1cc(F)c(Nc2cc(Br)ccc2Br)c(F)c1. The minimum absolute atomic E-state index is 0.409. The fraction of sp³-hybridized carbons (Fsp3) is 0. The number of rotatable bonds is 3. The predicted octanol–water partition coefficient (Wildman–Crippen LogP) is 4.93. The number of hydrogen-bond donors (Lipinski definition) is 2. The van der Waals surface area contributed by atoms with E-state index in [1.54, 1.807) is 18.2 Å². The summed E-state index contributed by atoms with van der Waals surface area (Å²) in [5.41, 5.74) is -0.409. The van der Waals surface area contributed by atoms with E-state index in [-0.39, 0.29) is 0 Å². The van der Waals surface area contributed by atoms with Gasteiger partial charge in [-0.25, -0.2) is 13.6 Å². The molecule has 0 amide bonds. The third kappa shape index (κ3) is 3.16. The van der Waals surface area contributed by atoms with E-state index in [1.165, 1.54) is 0 Å². The number of aromatic carboxylic acids is 1. The average molecular weight is 407 g/mol. The zero-order valence-corrected chi connectivity index (χ0v) is 12.9. The molecule has 2 aromatic carbocycles. The lowest BCUT2D eigenvalue weighted by Gasteiger charge is -2.11. The molecule has 0 radical (unpaired) electrons. The van der Waals surface area contributed by atoms with Crippen LogP contribution in [-0.2, 0) is 0 Å². The molecule has 2 N–H and O–H groups in total. The van der Waals surface area contributed by atoms with E-state index >= 15 is 0 Å². The first kappa shape index (κ1) is 14.9. The van der Waals surface area contributed by atoms with Crippen molar-refractivity contribution in [2.45, 2.75) is 0 Å². The summed E-state index contributed by atoms with van der Waals surface area (Å²) in [6.07, 6.45) is 0. The minimum Gasteiger partial charge on any atom is -0.478 e. The lowest BCUT2D eigenvalue weighted by atomic mass is 10.2. The Morgan fingerprint density at radius 3 is 2.25 bits per heavy atom. The quantitative estimate of drug-likeness (QED) is 0.759. The average Bonchev–Trinajstić information content (AvgIpc) is 2.37. The van der Waals surface area contributed by atoms with Gasteiger partial charge in [0.05, 0.1) is 11.3 Å². The molecule has 0 aliphatic carbocycles. The molecule has 2 rings (SSSR count). The number of carbonyl (C=O) groups is 1. The van der Waals surface area contributed by atoms with E-state index in [9.17, 15) is 13.6 Å². The van der Waals surface area contributed by atoms with Crippen molar-refractivity contribution in [3.8, 4) is 0 Å². The Bertz CT molecular complexity index is 669. The van der Waals surface area contributed by atoms with Crippen molar-refractivity contribution >= 4 is 49.2 Å². The van der Waals surface area contributed by atoms with Crippen LogP contribution in [0.15, 0.2) is 39.3 Å². The number of carboxylic acids is 1. The Balaban J connectivity index is 2.44. The van der Waals surface area contributed by atoms with Crippen LogP contribution in [0.2, 0.25) is 0 Å². The maximum absolute atomic E-state index is 13.8. The number of hydrogen-bond acceptors (Lipinski definition) is 2. The van der Waals surface area contributed by atoms with Crippen molar-refractivity contribution in [1.29, 1.82) is 0 Å². The molecule has 0 saturated heterocycles. The second-order valence-electron chi connectivity index (χ2n) is 3.87. The van der Waals surface area contributed by atoms with Crippen LogP contribution in [0.5, 0.6) is 0 Å². The van der Waals surface area contributed by atoms with Crippen LogP contribution in [0.4, 0.5) is 20.2 Å². The zero-order chi connectivity index (χ0) is 14.9. The van der Waals surface area contributed by atoms with Crippen LogP contribution >= 0.6 is 31.9 Å². The van der Waals surface area contributed by atoms with Crippen LogP contribution in [0.25, 0.3) is 0 Å². The monoisotopic (exact) mass is 405 g/mol. The molecular formula is C13H7Br2F2NO2. The van der Waals surface area contributed by atoms with Gasteiger partial charge < -0.3 is 10.4 Å². The van der Waals surface area contributed by atoms with Crippen molar-refractivity contribution in [3.63, 3.8) is 0 Å². The summed E-state index contributed by atoms with van der Waals surface area (Å²) < 4.78 is 28.9. The van der Waals surface area contributed by atoms with Gasteiger partial charge in [-0.3, -0.25) is 0 Å². The van der Waals surface area contributed by atoms with Crippen molar-refractivity contribution in [2.75, 3.05) is 5.32 Å². The fourth-order valence-electron chi connectivity index (χ4n) is 1.54. The maximum Gasteiger partial charge on any atom is 0.335 e. The van der Waals surface area contributed by atoms with Crippen molar-refractivity contribution < 1.29 is 18.7 Å². The molecule has 0 heterocycles. The zero-order valence-electron chi connectivity index (χ0n) is 9.75. The topological polar surface area (TPSA) is 49.3 Å². The Morgan fingerprint density at radius 1 is 1.10 bits per heavy atom. The Hall–Kier alpha value is -1.47. The number of nitrogens with one attached hydrogen (secondary N) is 1. The second kappa shape index (κ2) is 5.88. The molecule has 0 atom stereocenters. The summed E-state index contributed by atoms with van der Waals surface area (Å²) in [7, 11) is 0. The van der Waals surface area contributed by atoms with Gasteiger partial charge in [-0.15, -0.1) is 0 Å². The van der Waals surface area contributed by atoms with Gasteiger partial charge in [0.25, 0.3) is 0 Å². The highest BCUT2D eigenvalue weighted by molar-refractivity contribution is 9.11. The third-order valence-corrected chi connectivity index (χ3v) is 3.66. The molecule has 0 aliphatic heterocycles. The van der Waals surface area contributed by atoms with E-state index < -0.39 is 28.9 Å². The molecule has 104 valence electrons. The van der Waals surface area contributed by atoms with E-state index in [0.717, 1.165) is 16.6 Å². The Labute approximate surface area is 129 Å². The van der Waals surface area contributed by atoms with E-state index in [1.807, 2.05) is 0 Å². The van der Waals surface area contributed by atoms with Crippen LogP contribution in [0.3, 0.4) is 0 Å². The van der Waals surface area contributed by atoms with Gasteiger partial charge >= 0.3 is 5.97 Å². The first-order valence-corrected chi connectivity index (χ1v) is 6.91. The van der Waals surface area contributed by atoms with Crippen molar-refractivity contribution in [3.05, 3.63) is 56.5 Å². The van der Waals surface area contributed by atoms with E-state index in [4.69, 9.17) is 5.11 Å². The highest BCUT2D eigenvalue weighted by atomic mass is 79.9. The van der Waals surface area contributed by atoms with Gasteiger partial charge in [0.2, 0.25) is 0 Å². The van der Waals surface area contributed by atoms with Crippen LogP contribution < -0.4 is 5.32 Å². The summed E-state index contributed by atoms with van der Waals surface area (Å²) >= 11 is 6.50. The van der Waals surface area contributed by atoms with Gasteiger partial charge in [0.15, 0.2) is 11.6 Å². The summed E-state index contributed by atoms with van der Waals surface area (Å²) in [6, 6.07) is 6.62. The molecule has 3 nitrogen and oxygen atoms in total. The van der Waals surface area contributed by atoms with Gasteiger partial charge in [0, 0.05) is 8.95 Å². The lowest BCUT2D eigenvalue weighted by Crippen LogP contribution is -2.03. The minimum atomic E-state index is -1.39. The van der Waals surface area contributed by atoms with E-state index in [2.05, 4.69) is 37.2 Å². The molecule has 0 aromatic heterocycles. The molecule has 0 aliphatic rings. The third-order valence-electron chi connectivity index (χ3n) is 2.48. The molecule has 2 aromatic rings. The largest absolute Gasteiger partial charge is 0.478 e. The summed E-state index contributed by atoms with van der Waals surface area (Å²) in [4.78, 5) is 10.7. The van der Waals surface area contributed by atoms with Crippen molar-refractivity contribution in [2.24, 2.45) is 0 Å². The summed E-state index contributed by atoms with van der Waals surface area (Å²) in [5.74, 6) is -3.35. The Kier molecular flexibility index (Phi) is 4.39. The standard InChI is InChI=1S/C13H7Br2F2NO2/c14-7-1-2-8(15)11(5-7)18-12-9(16)3-6(13(19)20)4-10(12)17/h1-5,18H,(H,19,20). The molecule has 0 bridgehead atoms. The van der Waals surface area contributed by atoms with Gasteiger partial charge in [-0.2, -0.15) is 0 Å². The molecule has 0 unspecified atom stereocenters. The molecule has 7 heteroatoms. The number of halogens is 4. The lowest BCUT2D eigenvalue weighted by molar-refractivity contribution is 0.0696. The fourth-order valence-corrected chi connectivity index (χ4v) is 2.25. The Morgan fingerprint density at radius 2 is 1.70 bits per heavy atom. The first-order valence-electron chi connectivity index (χ1n) is 5.33. The summed E-state index contributed by atoms with van der Waals surface area (Å²) in [5, 5.41) is 11.3. The number of benzene rings is 2. The molecule has 0 spiro atoms. The predicted molar refractivity (Wildman–Crippen MR) is 78.4 cm³/mol. The second-order valence-corrected chi connectivity index (χ2v) is 5.64. The van der Waals surface area contributed by atoms with Crippen LogP contribution in [0.1, 0.15) is 10.4 Å². The molecular weight excluding hydrogens is 400 g/mol. The molecule has 0 saturated carbocycles. The van der Waals surface area contributed by atoms with Gasteiger partial charge in [-0.1, -0.05) is 15.9 Å². The highest BCUT2D eigenvalue weighted by Gasteiger charge is 2.15. The highest BCUT2D eigenvalue weighted by Crippen LogP contribution is 2.31. The molecule has 20 heavy (non-hydrogen) atoms. The van der Waals surface area contributed by atoms with Crippen molar-refractivity contribution in [1.82, 2.24) is 0 Å². The summed E-state index contributed by atoms with van der Waals surface area (Å²) in [6.45, 7) is 0. The van der Waals surface area contributed by atoms with Gasteiger partial charge in [-0.05, 0) is 46.3 Å². The van der Waals surface area contributed by atoms with Crippen LogP contribution in [0, 0.1) is 11.6 Å². The first-order chi connectivity index (χ1) is 9.38. The maximum atomic E-state index is 13.8. The smallest absolute Gasteiger partial charge is 0.335 e. The van der Waals surface area contributed by atoms with Gasteiger partial charge in [0.1, 0.15) is 5.69 Å².